The van der Waals surface area contributed by atoms with Gasteiger partial charge in [-0.1, -0.05) is 12.1 Å². The van der Waals surface area contributed by atoms with Gasteiger partial charge < -0.3 is 15.5 Å². The summed E-state index contributed by atoms with van der Waals surface area (Å²) >= 11 is 0. The molecule has 0 aromatic heterocycles. The lowest BCUT2D eigenvalue weighted by Crippen LogP contribution is -2.23. The van der Waals surface area contributed by atoms with Gasteiger partial charge in [0.05, 0.1) is 0 Å². The second-order valence-electron chi connectivity index (χ2n) is 7.40. The number of benzene rings is 2. The molecule has 2 aromatic carbocycles. The fraction of sp³-hybridized carbons (Fsp3) is 0.261. The van der Waals surface area contributed by atoms with Crippen LogP contribution in [-0.4, -0.2) is 24.3 Å². The summed E-state index contributed by atoms with van der Waals surface area (Å²) in [5.41, 5.74) is 3.16. The molecule has 2 aromatic rings. The lowest BCUT2D eigenvalue weighted by molar-refractivity contribution is -0.118. The average Bonchev–Trinajstić information content (AvgIpc) is 3.50. The molecular formula is C23H23N3O3. The first kappa shape index (κ1) is 18.9. The molecule has 0 unspecified atom stereocenters. The molecule has 2 aliphatic rings. The molecule has 0 radical (unpaired) electrons. The number of rotatable bonds is 6. The number of hydrogen-bond acceptors (Lipinski definition) is 3. The molecule has 2 N–H and O–H groups in total. The van der Waals surface area contributed by atoms with Crippen LogP contribution in [0, 0.1) is 5.92 Å². The van der Waals surface area contributed by atoms with E-state index in [1.54, 1.807) is 35.2 Å². The van der Waals surface area contributed by atoms with Crippen molar-refractivity contribution in [2.75, 3.05) is 22.1 Å². The highest BCUT2D eigenvalue weighted by molar-refractivity contribution is 6.02. The van der Waals surface area contributed by atoms with E-state index < -0.39 is 0 Å². The standard InChI is InChI=1S/C23H23N3O3/c27-21(24-18-8-10-19(11-9-18)25-23(29)17-6-7-17)14-5-16-3-12-20(13-4-16)26-15-1-2-22(26)28/h3-5,8-14,17H,1-2,6-7,15H2,(H,24,27)(H,25,29)/b14-5+. The van der Waals surface area contributed by atoms with Crippen molar-refractivity contribution in [2.45, 2.75) is 25.7 Å². The molecule has 0 atom stereocenters. The van der Waals surface area contributed by atoms with E-state index in [1.165, 1.54) is 6.08 Å². The van der Waals surface area contributed by atoms with E-state index in [0.29, 0.717) is 12.1 Å². The average molecular weight is 389 g/mol. The van der Waals surface area contributed by atoms with Crippen LogP contribution >= 0.6 is 0 Å². The third-order valence-corrected chi connectivity index (χ3v) is 5.07. The highest BCUT2D eigenvalue weighted by Gasteiger charge is 2.29. The number of carbonyl (C=O) groups is 3. The van der Waals surface area contributed by atoms with Crippen LogP contribution in [0.2, 0.25) is 0 Å². The van der Waals surface area contributed by atoms with Gasteiger partial charge in [-0.2, -0.15) is 0 Å². The summed E-state index contributed by atoms with van der Waals surface area (Å²) in [5.74, 6) is 0.138. The summed E-state index contributed by atoms with van der Waals surface area (Å²) in [6.07, 6.45) is 6.63. The van der Waals surface area contributed by atoms with Gasteiger partial charge >= 0.3 is 0 Å². The van der Waals surface area contributed by atoms with Crippen LogP contribution in [-0.2, 0) is 14.4 Å². The number of hydrogen-bond donors (Lipinski definition) is 2. The molecule has 1 saturated heterocycles. The molecular weight excluding hydrogens is 366 g/mol. The van der Waals surface area contributed by atoms with Crippen LogP contribution < -0.4 is 15.5 Å². The van der Waals surface area contributed by atoms with Crippen molar-refractivity contribution >= 4 is 40.9 Å². The first-order valence-electron chi connectivity index (χ1n) is 9.89. The summed E-state index contributed by atoms with van der Waals surface area (Å²) in [7, 11) is 0. The summed E-state index contributed by atoms with van der Waals surface area (Å²) in [6.45, 7) is 0.763. The Morgan fingerprint density at radius 2 is 1.59 bits per heavy atom. The molecule has 1 saturated carbocycles. The lowest BCUT2D eigenvalue weighted by Gasteiger charge is -2.15. The SMILES string of the molecule is O=C(/C=C/c1ccc(N2CCCC2=O)cc1)Nc1ccc(NC(=O)C2CC2)cc1. The van der Waals surface area contributed by atoms with Crippen molar-refractivity contribution in [2.24, 2.45) is 5.92 Å². The van der Waals surface area contributed by atoms with Gasteiger partial charge in [0.15, 0.2) is 0 Å². The predicted molar refractivity (Wildman–Crippen MR) is 113 cm³/mol. The minimum absolute atomic E-state index is 0.0600. The van der Waals surface area contributed by atoms with Crippen molar-refractivity contribution in [3.8, 4) is 0 Å². The van der Waals surface area contributed by atoms with Crippen molar-refractivity contribution in [3.05, 3.63) is 60.2 Å². The monoisotopic (exact) mass is 389 g/mol. The van der Waals surface area contributed by atoms with E-state index >= 15 is 0 Å². The van der Waals surface area contributed by atoms with Crippen LogP contribution in [0.4, 0.5) is 17.1 Å². The zero-order valence-corrected chi connectivity index (χ0v) is 16.1. The molecule has 148 valence electrons. The van der Waals surface area contributed by atoms with Crippen LogP contribution in [0.1, 0.15) is 31.2 Å². The molecule has 6 nitrogen and oxygen atoms in total. The number of nitrogens with one attached hydrogen (secondary N) is 2. The Bertz CT molecular complexity index is 944. The fourth-order valence-electron chi connectivity index (χ4n) is 3.27. The Balaban J connectivity index is 1.30. The zero-order valence-electron chi connectivity index (χ0n) is 16.1. The van der Waals surface area contributed by atoms with Crippen molar-refractivity contribution in [1.82, 2.24) is 0 Å². The minimum Gasteiger partial charge on any atom is -0.326 e. The van der Waals surface area contributed by atoms with Crippen LogP contribution in [0.15, 0.2) is 54.6 Å². The van der Waals surface area contributed by atoms with Gasteiger partial charge in [-0.25, -0.2) is 0 Å². The molecule has 6 heteroatoms. The van der Waals surface area contributed by atoms with Gasteiger partial charge in [0.1, 0.15) is 0 Å². The van der Waals surface area contributed by atoms with E-state index in [-0.39, 0.29) is 23.6 Å². The zero-order chi connectivity index (χ0) is 20.2. The molecule has 1 heterocycles. The highest BCUT2D eigenvalue weighted by atomic mass is 16.2. The maximum atomic E-state index is 12.1. The summed E-state index contributed by atoms with van der Waals surface area (Å²) in [4.78, 5) is 37.5. The van der Waals surface area contributed by atoms with E-state index in [1.807, 2.05) is 24.3 Å². The van der Waals surface area contributed by atoms with E-state index in [0.717, 1.165) is 42.7 Å². The maximum Gasteiger partial charge on any atom is 0.248 e. The number of amides is 3. The Hall–Kier alpha value is -3.41. The summed E-state index contributed by atoms with van der Waals surface area (Å²) in [6, 6.07) is 14.6. The first-order valence-corrected chi connectivity index (χ1v) is 9.89. The molecule has 3 amide bonds. The number of anilines is 3. The van der Waals surface area contributed by atoms with Gasteiger partial charge in [0.2, 0.25) is 17.7 Å². The molecule has 4 rings (SSSR count). The topological polar surface area (TPSA) is 78.5 Å². The largest absolute Gasteiger partial charge is 0.326 e. The second kappa shape index (κ2) is 8.31. The normalized spacial score (nSPS) is 16.3. The Labute approximate surface area is 169 Å². The van der Waals surface area contributed by atoms with E-state index in [9.17, 15) is 14.4 Å². The van der Waals surface area contributed by atoms with Crippen LogP contribution in [0.25, 0.3) is 6.08 Å². The number of nitrogens with zero attached hydrogens (tertiary/aromatic N) is 1. The van der Waals surface area contributed by atoms with Crippen molar-refractivity contribution < 1.29 is 14.4 Å². The first-order chi connectivity index (χ1) is 14.1. The highest BCUT2D eigenvalue weighted by Crippen LogP contribution is 2.30. The van der Waals surface area contributed by atoms with Crippen LogP contribution in [0.5, 0.6) is 0 Å². The van der Waals surface area contributed by atoms with Gasteiger partial charge in [-0.15, -0.1) is 0 Å². The Morgan fingerprint density at radius 1 is 0.931 bits per heavy atom. The predicted octanol–water partition coefficient (Wildman–Crippen LogP) is 3.81. The third kappa shape index (κ3) is 4.90. The van der Waals surface area contributed by atoms with E-state index in [2.05, 4.69) is 10.6 Å². The summed E-state index contributed by atoms with van der Waals surface area (Å²) < 4.78 is 0. The summed E-state index contributed by atoms with van der Waals surface area (Å²) in [5, 5.41) is 5.67. The molecule has 0 bridgehead atoms. The quantitative estimate of drug-likeness (QED) is 0.738. The van der Waals surface area contributed by atoms with Gasteiger partial charge in [0.25, 0.3) is 0 Å². The molecule has 29 heavy (non-hydrogen) atoms. The van der Waals surface area contributed by atoms with Gasteiger partial charge in [-0.05, 0) is 67.3 Å². The van der Waals surface area contributed by atoms with Crippen LogP contribution in [0.3, 0.4) is 0 Å². The third-order valence-electron chi connectivity index (χ3n) is 5.07. The Kier molecular flexibility index (Phi) is 5.42. The molecule has 1 aliphatic carbocycles. The molecule has 0 spiro atoms. The molecule has 2 fully saturated rings. The Morgan fingerprint density at radius 3 is 2.17 bits per heavy atom. The maximum absolute atomic E-state index is 12.1. The second-order valence-corrected chi connectivity index (χ2v) is 7.40. The van der Waals surface area contributed by atoms with Crippen molar-refractivity contribution in [3.63, 3.8) is 0 Å². The van der Waals surface area contributed by atoms with E-state index in [4.69, 9.17) is 0 Å². The minimum atomic E-state index is -0.237. The van der Waals surface area contributed by atoms with Gasteiger partial charge in [0, 0.05) is 42.0 Å². The smallest absolute Gasteiger partial charge is 0.248 e. The fourth-order valence-corrected chi connectivity index (χ4v) is 3.27. The molecule has 1 aliphatic heterocycles. The van der Waals surface area contributed by atoms with Gasteiger partial charge in [-0.3, -0.25) is 14.4 Å². The number of carbonyl (C=O) groups excluding carboxylic acids is 3. The van der Waals surface area contributed by atoms with Crippen molar-refractivity contribution in [1.29, 1.82) is 0 Å². The lowest BCUT2D eigenvalue weighted by atomic mass is 10.2.